The first-order valence-electron chi connectivity index (χ1n) is 6.08. The summed E-state index contributed by atoms with van der Waals surface area (Å²) in [7, 11) is 0. The summed E-state index contributed by atoms with van der Waals surface area (Å²) < 4.78 is 0. The largest absolute Gasteiger partial charge is 0.465 e. The Morgan fingerprint density at radius 2 is 2.24 bits per heavy atom. The number of carboxylic acid groups (broad SMARTS) is 1. The van der Waals surface area contributed by atoms with Crippen LogP contribution in [0.4, 0.5) is 10.5 Å². The van der Waals surface area contributed by atoms with Crippen LogP contribution < -0.4 is 10.2 Å². The molecule has 90 valence electrons. The van der Waals surface area contributed by atoms with Gasteiger partial charge in [-0.15, -0.1) is 0 Å². The highest BCUT2D eigenvalue weighted by Gasteiger charge is 2.38. The van der Waals surface area contributed by atoms with Crippen LogP contribution in [-0.4, -0.2) is 30.3 Å². The van der Waals surface area contributed by atoms with Crippen LogP contribution >= 0.6 is 0 Å². The lowest BCUT2D eigenvalue weighted by Gasteiger charge is -2.43. The van der Waals surface area contributed by atoms with Crippen LogP contribution in [0.5, 0.6) is 0 Å². The number of nitrogens with one attached hydrogen (secondary N) is 1. The summed E-state index contributed by atoms with van der Waals surface area (Å²) >= 11 is 0. The second-order valence-electron chi connectivity index (χ2n) is 4.81. The van der Waals surface area contributed by atoms with E-state index in [2.05, 4.69) is 5.32 Å². The molecule has 1 aromatic rings. The number of piperidine rings is 1. The molecule has 1 saturated heterocycles. The first-order chi connectivity index (χ1) is 8.27. The van der Waals surface area contributed by atoms with Crippen LogP contribution in [0.1, 0.15) is 12.0 Å². The van der Waals surface area contributed by atoms with E-state index in [1.807, 2.05) is 24.3 Å². The van der Waals surface area contributed by atoms with E-state index in [1.165, 1.54) is 0 Å². The second-order valence-corrected chi connectivity index (χ2v) is 4.81. The molecular weight excluding hydrogens is 216 g/mol. The van der Waals surface area contributed by atoms with E-state index < -0.39 is 6.09 Å². The summed E-state index contributed by atoms with van der Waals surface area (Å²) in [4.78, 5) is 13.0. The quantitative estimate of drug-likeness (QED) is 0.716. The number of hydrogen-bond acceptors (Lipinski definition) is 2. The van der Waals surface area contributed by atoms with E-state index in [4.69, 9.17) is 0 Å². The molecule has 2 N–H and O–H groups in total. The molecule has 1 aromatic carbocycles. The number of amides is 1. The molecule has 2 heterocycles. The van der Waals surface area contributed by atoms with Gasteiger partial charge in [0.15, 0.2) is 0 Å². The molecule has 4 heteroatoms. The van der Waals surface area contributed by atoms with Crippen molar-refractivity contribution >= 4 is 11.8 Å². The van der Waals surface area contributed by atoms with E-state index in [0.717, 1.165) is 37.2 Å². The third-order valence-electron chi connectivity index (χ3n) is 3.86. The molecule has 1 amide bonds. The van der Waals surface area contributed by atoms with Gasteiger partial charge in [-0.2, -0.15) is 0 Å². The van der Waals surface area contributed by atoms with Crippen molar-refractivity contribution in [1.29, 1.82) is 0 Å². The standard InChI is InChI=1S/C13H16N2O2/c16-13(17)15-11-4-2-1-3-9(11)7-10-5-6-14-8-12(10)15/h1-4,10,12,14H,5-8H2,(H,16,17). The van der Waals surface area contributed by atoms with Crippen molar-refractivity contribution in [3.63, 3.8) is 0 Å². The molecule has 2 aliphatic rings. The maximum atomic E-state index is 11.5. The fourth-order valence-corrected chi connectivity index (χ4v) is 3.06. The number of benzene rings is 1. The van der Waals surface area contributed by atoms with Gasteiger partial charge in [0.2, 0.25) is 0 Å². The van der Waals surface area contributed by atoms with Crippen LogP contribution in [0.3, 0.4) is 0 Å². The number of fused-ring (bicyclic) bond motifs is 2. The third kappa shape index (κ3) is 1.69. The van der Waals surface area contributed by atoms with Crippen molar-refractivity contribution in [2.75, 3.05) is 18.0 Å². The Labute approximate surface area is 100 Å². The van der Waals surface area contributed by atoms with E-state index in [1.54, 1.807) is 4.90 Å². The Hall–Kier alpha value is -1.55. The second kappa shape index (κ2) is 4.04. The van der Waals surface area contributed by atoms with E-state index >= 15 is 0 Å². The minimum Gasteiger partial charge on any atom is -0.465 e. The van der Waals surface area contributed by atoms with Gasteiger partial charge < -0.3 is 10.4 Å². The minimum absolute atomic E-state index is 0.0937. The highest BCUT2D eigenvalue weighted by Crippen LogP contribution is 2.36. The summed E-state index contributed by atoms with van der Waals surface area (Å²) in [6, 6.07) is 7.94. The maximum Gasteiger partial charge on any atom is 0.412 e. The van der Waals surface area contributed by atoms with Crippen molar-refractivity contribution in [2.45, 2.75) is 18.9 Å². The van der Waals surface area contributed by atoms with Crippen LogP contribution in [0, 0.1) is 5.92 Å². The van der Waals surface area contributed by atoms with Gasteiger partial charge in [-0.25, -0.2) is 4.79 Å². The summed E-state index contributed by atoms with van der Waals surface area (Å²) in [5.41, 5.74) is 2.03. The predicted octanol–water partition coefficient (Wildman–Crippen LogP) is 1.71. The normalized spacial score (nSPS) is 27.2. The van der Waals surface area contributed by atoms with E-state index in [-0.39, 0.29) is 6.04 Å². The fourth-order valence-electron chi connectivity index (χ4n) is 3.06. The van der Waals surface area contributed by atoms with Crippen molar-refractivity contribution in [1.82, 2.24) is 5.32 Å². The SMILES string of the molecule is O=C(O)N1c2ccccc2CC2CCNCC21. The third-order valence-corrected chi connectivity index (χ3v) is 3.86. The molecule has 2 aliphatic heterocycles. The molecule has 2 unspecified atom stereocenters. The number of carbonyl (C=O) groups is 1. The zero-order valence-electron chi connectivity index (χ0n) is 9.60. The zero-order valence-corrected chi connectivity index (χ0v) is 9.60. The molecule has 0 bridgehead atoms. The fraction of sp³-hybridized carbons (Fsp3) is 0.462. The van der Waals surface area contributed by atoms with Crippen LogP contribution in [-0.2, 0) is 6.42 Å². The van der Waals surface area contributed by atoms with Crippen LogP contribution in [0.25, 0.3) is 0 Å². The molecule has 2 atom stereocenters. The summed E-state index contributed by atoms with van der Waals surface area (Å²) in [5, 5.41) is 12.7. The first kappa shape index (κ1) is 10.6. The van der Waals surface area contributed by atoms with Crippen molar-refractivity contribution in [3.05, 3.63) is 29.8 Å². The monoisotopic (exact) mass is 232 g/mol. The molecule has 0 saturated carbocycles. The highest BCUT2D eigenvalue weighted by atomic mass is 16.4. The van der Waals surface area contributed by atoms with Gasteiger partial charge in [0.05, 0.1) is 11.7 Å². The summed E-state index contributed by atoms with van der Waals surface area (Å²) in [6.07, 6.45) is 1.23. The average Bonchev–Trinajstić information content (AvgIpc) is 2.35. The molecule has 4 nitrogen and oxygen atoms in total. The molecule has 1 fully saturated rings. The lowest BCUT2D eigenvalue weighted by Crippen LogP contribution is -2.56. The van der Waals surface area contributed by atoms with Gasteiger partial charge >= 0.3 is 6.09 Å². The maximum absolute atomic E-state index is 11.5. The molecule has 0 aliphatic carbocycles. The topological polar surface area (TPSA) is 52.6 Å². The number of para-hydroxylation sites is 1. The summed E-state index contributed by atoms with van der Waals surface area (Å²) in [5.74, 6) is 0.460. The molecule has 0 spiro atoms. The molecular formula is C13H16N2O2. The van der Waals surface area contributed by atoms with Gasteiger partial charge in [-0.1, -0.05) is 18.2 Å². The number of anilines is 1. The van der Waals surface area contributed by atoms with Gasteiger partial charge in [-0.05, 0) is 36.9 Å². The smallest absolute Gasteiger partial charge is 0.412 e. The zero-order chi connectivity index (χ0) is 11.8. The van der Waals surface area contributed by atoms with Crippen molar-refractivity contribution in [3.8, 4) is 0 Å². The predicted molar refractivity (Wildman–Crippen MR) is 65.4 cm³/mol. The van der Waals surface area contributed by atoms with Crippen LogP contribution in [0.2, 0.25) is 0 Å². The Kier molecular flexibility index (Phi) is 2.52. The highest BCUT2D eigenvalue weighted by molar-refractivity contribution is 5.88. The van der Waals surface area contributed by atoms with Gasteiger partial charge in [-0.3, -0.25) is 4.90 Å². The van der Waals surface area contributed by atoms with E-state index in [0.29, 0.717) is 5.92 Å². The molecule has 0 aromatic heterocycles. The lowest BCUT2D eigenvalue weighted by atomic mass is 9.82. The first-order valence-corrected chi connectivity index (χ1v) is 6.08. The lowest BCUT2D eigenvalue weighted by molar-refractivity contribution is 0.189. The molecule has 17 heavy (non-hydrogen) atoms. The Morgan fingerprint density at radius 1 is 1.41 bits per heavy atom. The molecule has 3 rings (SSSR count). The van der Waals surface area contributed by atoms with Gasteiger partial charge in [0.1, 0.15) is 0 Å². The average molecular weight is 232 g/mol. The van der Waals surface area contributed by atoms with Crippen LogP contribution in [0.15, 0.2) is 24.3 Å². The Bertz CT molecular complexity index is 447. The van der Waals surface area contributed by atoms with Gasteiger partial charge in [0.25, 0.3) is 0 Å². The van der Waals surface area contributed by atoms with E-state index in [9.17, 15) is 9.90 Å². The van der Waals surface area contributed by atoms with Crippen molar-refractivity contribution < 1.29 is 9.90 Å². The Balaban J connectivity index is 2.05. The van der Waals surface area contributed by atoms with Gasteiger partial charge in [0, 0.05) is 6.54 Å². The summed E-state index contributed by atoms with van der Waals surface area (Å²) in [6.45, 7) is 1.77. The number of rotatable bonds is 0. The minimum atomic E-state index is -0.837. The van der Waals surface area contributed by atoms with Crippen molar-refractivity contribution in [2.24, 2.45) is 5.92 Å². The molecule has 0 radical (unpaired) electrons. The Morgan fingerprint density at radius 3 is 3.06 bits per heavy atom. The number of hydrogen-bond donors (Lipinski definition) is 2. The number of nitrogens with zero attached hydrogens (tertiary/aromatic N) is 1.